The summed E-state index contributed by atoms with van der Waals surface area (Å²) in [4.78, 5) is 3.69. The first-order valence-corrected chi connectivity index (χ1v) is 5.74. The van der Waals surface area contributed by atoms with Crippen LogP contribution in [0.3, 0.4) is 0 Å². The monoisotopic (exact) mass is 286 g/mol. The minimum absolute atomic E-state index is 0.196. The molecular weight excluding hydrogens is 273 g/mol. The van der Waals surface area contributed by atoms with Crippen LogP contribution in [0.5, 0.6) is 5.88 Å². The highest BCUT2D eigenvalue weighted by Gasteiger charge is 2.35. The Morgan fingerprint density at radius 2 is 2.10 bits per heavy atom. The van der Waals surface area contributed by atoms with Gasteiger partial charge < -0.3 is 10.1 Å². The molecule has 0 aromatic carbocycles. The third kappa shape index (κ3) is 3.01. The molecule has 0 fully saturated rings. The number of nitrogens with one attached hydrogen (secondary N) is 1. The molecule has 0 aliphatic carbocycles. The zero-order valence-electron chi connectivity index (χ0n) is 10.9. The smallest absolute Gasteiger partial charge is 0.421 e. The van der Waals surface area contributed by atoms with Crippen LogP contribution < -0.4 is 10.1 Å². The van der Waals surface area contributed by atoms with Crippen LogP contribution in [0.2, 0.25) is 0 Å². The summed E-state index contributed by atoms with van der Waals surface area (Å²) in [6.07, 6.45) is 0.114. The number of methoxy groups -OCH3 is 1. The summed E-state index contributed by atoms with van der Waals surface area (Å²) in [5, 5.41) is 6.92. The van der Waals surface area contributed by atoms with Gasteiger partial charge in [0.25, 0.3) is 0 Å². The van der Waals surface area contributed by atoms with Gasteiger partial charge in [0.1, 0.15) is 5.56 Å². The highest BCUT2D eigenvalue weighted by molar-refractivity contribution is 5.37. The average Bonchev–Trinajstić information content (AvgIpc) is 2.85. The van der Waals surface area contributed by atoms with Gasteiger partial charge in [-0.1, -0.05) is 0 Å². The van der Waals surface area contributed by atoms with Gasteiger partial charge in [0.2, 0.25) is 5.88 Å². The molecule has 0 spiro atoms. The molecule has 0 saturated carbocycles. The lowest BCUT2D eigenvalue weighted by Gasteiger charge is -2.12. The second-order valence-corrected chi connectivity index (χ2v) is 4.07. The van der Waals surface area contributed by atoms with Crippen molar-refractivity contribution in [1.82, 2.24) is 14.8 Å². The predicted octanol–water partition coefficient (Wildman–Crippen LogP) is 2.40. The molecular formula is C12H13F3N4O. The molecule has 0 atom stereocenters. The number of hydrogen-bond donors (Lipinski definition) is 1. The van der Waals surface area contributed by atoms with Gasteiger partial charge in [-0.15, -0.1) is 0 Å². The maximum Gasteiger partial charge on any atom is 0.421 e. The minimum Gasteiger partial charge on any atom is -0.481 e. The molecule has 2 rings (SSSR count). The van der Waals surface area contributed by atoms with Crippen molar-refractivity contribution in [2.45, 2.75) is 12.7 Å². The quantitative estimate of drug-likeness (QED) is 0.937. The molecule has 0 radical (unpaired) electrons. The van der Waals surface area contributed by atoms with Crippen molar-refractivity contribution in [3.8, 4) is 5.88 Å². The molecule has 1 N–H and O–H groups in total. The summed E-state index contributed by atoms with van der Waals surface area (Å²) in [5.41, 5.74) is 0.282. The summed E-state index contributed by atoms with van der Waals surface area (Å²) < 4.78 is 44.7. The number of aromatic nitrogens is 3. The van der Waals surface area contributed by atoms with Crippen LogP contribution in [0.25, 0.3) is 0 Å². The largest absolute Gasteiger partial charge is 0.481 e. The zero-order valence-corrected chi connectivity index (χ0v) is 10.9. The van der Waals surface area contributed by atoms with Crippen LogP contribution in [0, 0.1) is 0 Å². The fraction of sp³-hybridized carbons (Fsp3) is 0.333. The summed E-state index contributed by atoms with van der Waals surface area (Å²) in [6.45, 7) is 0.196. The van der Waals surface area contributed by atoms with Gasteiger partial charge in [-0.25, -0.2) is 4.98 Å². The van der Waals surface area contributed by atoms with E-state index in [-0.39, 0.29) is 6.54 Å². The first-order chi connectivity index (χ1) is 9.44. The Morgan fingerprint density at radius 1 is 1.35 bits per heavy atom. The van der Waals surface area contributed by atoms with Crippen LogP contribution in [0.15, 0.2) is 24.7 Å². The van der Waals surface area contributed by atoms with E-state index in [0.29, 0.717) is 5.56 Å². The van der Waals surface area contributed by atoms with Crippen molar-refractivity contribution in [3.63, 3.8) is 0 Å². The SMILES string of the molecule is CNc1cnn(Cc2cnc(OC)c(C(F)(F)F)c2)c1. The number of pyridine rings is 1. The van der Waals surface area contributed by atoms with E-state index in [1.165, 1.54) is 10.9 Å². The van der Waals surface area contributed by atoms with E-state index in [1.807, 2.05) is 0 Å². The van der Waals surface area contributed by atoms with Crippen LogP contribution in [0.4, 0.5) is 18.9 Å². The van der Waals surface area contributed by atoms with Gasteiger partial charge in [0.05, 0.1) is 25.5 Å². The third-order valence-corrected chi connectivity index (χ3v) is 2.67. The number of ether oxygens (including phenoxy) is 1. The van der Waals surface area contributed by atoms with E-state index in [4.69, 9.17) is 0 Å². The molecule has 0 saturated heterocycles. The zero-order chi connectivity index (χ0) is 14.8. The van der Waals surface area contributed by atoms with E-state index in [2.05, 4.69) is 20.1 Å². The van der Waals surface area contributed by atoms with Crippen molar-refractivity contribution in [3.05, 3.63) is 35.8 Å². The lowest BCUT2D eigenvalue weighted by atomic mass is 10.2. The van der Waals surface area contributed by atoms with Gasteiger partial charge in [0.15, 0.2) is 0 Å². The number of nitrogens with zero attached hydrogens (tertiary/aromatic N) is 3. The molecule has 8 heteroatoms. The van der Waals surface area contributed by atoms with Gasteiger partial charge in [-0.3, -0.25) is 4.68 Å². The van der Waals surface area contributed by atoms with Crippen molar-refractivity contribution in [2.24, 2.45) is 0 Å². The Labute approximate surface area is 113 Å². The van der Waals surface area contributed by atoms with Crippen molar-refractivity contribution >= 4 is 5.69 Å². The van der Waals surface area contributed by atoms with Gasteiger partial charge in [0, 0.05) is 19.4 Å². The topological polar surface area (TPSA) is 52.0 Å². The maximum absolute atomic E-state index is 12.9. The second kappa shape index (κ2) is 5.40. The molecule has 2 aromatic heterocycles. The molecule has 0 amide bonds. The van der Waals surface area contributed by atoms with E-state index in [9.17, 15) is 13.2 Å². The Hall–Kier alpha value is -2.25. The van der Waals surface area contributed by atoms with Crippen LogP contribution >= 0.6 is 0 Å². The van der Waals surface area contributed by atoms with Crippen LogP contribution in [-0.4, -0.2) is 28.9 Å². The standard InChI is InChI=1S/C12H13F3N4O/c1-16-9-5-18-19(7-9)6-8-3-10(12(13,14)15)11(20-2)17-4-8/h3-5,7,16H,6H2,1-2H3. The second-order valence-electron chi connectivity index (χ2n) is 4.07. The lowest BCUT2D eigenvalue weighted by Crippen LogP contribution is -2.11. The molecule has 0 unspecified atom stereocenters. The average molecular weight is 286 g/mol. The maximum atomic E-state index is 12.9. The van der Waals surface area contributed by atoms with E-state index in [1.54, 1.807) is 19.4 Å². The van der Waals surface area contributed by atoms with Gasteiger partial charge in [-0.05, 0) is 11.6 Å². The summed E-state index contributed by atoms with van der Waals surface area (Å²) in [7, 11) is 2.89. The van der Waals surface area contributed by atoms with Crippen LogP contribution in [-0.2, 0) is 12.7 Å². The van der Waals surface area contributed by atoms with Crippen LogP contribution in [0.1, 0.15) is 11.1 Å². The predicted molar refractivity (Wildman–Crippen MR) is 66.7 cm³/mol. The highest BCUT2D eigenvalue weighted by atomic mass is 19.4. The number of alkyl halides is 3. The molecule has 5 nitrogen and oxygen atoms in total. The molecule has 2 heterocycles. The number of rotatable bonds is 4. The molecule has 0 aliphatic rings. The molecule has 2 aromatic rings. The van der Waals surface area contributed by atoms with Crippen molar-refractivity contribution < 1.29 is 17.9 Å². The van der Waals surface area contributed by atoms with Gasteiger partial charge in [-0.2, -0.15) is 18.3 Å². The van der Waals surface area contributed by atoms with E-state index in [0.717, 1.165) is 18.9 Å². The molecule has 20 heavy (non-hydrogen) atoms. The summed E-state index contributed by atoms with van der Waals surface area (Å²) in [5.74, 6) is -0.433. The Balaban J connectivity index is 2.29. The normalized spacial score (nSPS) is 11.4. The Kier molecular flexibility index (Phi) is 3.82. The van der Waals surface area contributed by atoms with E-state index < -0.39 is 17.6 Å². The Morgan fingerprint density at radius 3 is 2.65 bits per heavy atom. The van der Waals surface area contributed by atoms with Crippen molar-refractivity contribution in [1.29, 1.82) is 0 Å². The number of anilines is 1. The number of halogens is 3. The fourth-order valence-corrected chi connectivity index (χ4v) is 1.71. The fourth-order valence-electron chi connectivity index (χ4n) is 1.71. The number of hydrogen-bond acceptors (Lipinski definition) is 4. The van der Waals surface area contributed by atoms with Crippen molar-refractivity contribution in [2.75, 3.05) is 19.5 Å². The summed E-state index contributed by atoms with van der Waals surface area (Å²) in [6, 6.07) is 1.02. The first-order valence-electron chi connectivity index (χ1n) is 5.74. The lowest BCUT2D eigenvalue weighted by molar-refractivity contribution is -0.139. The molecule has 0 bridgehead atoms. The van der Waals surface area contributed by atoms with Gasteiger partial charge >= 0.3 is 6.18 Å². The summed E-state index contributed by atoms with van der Waals surface area (Å²) >= 11 is 0. The third-order valence-electron chi connectivity index (χ3n) is 2.67. The highest BCUT2D eigenvalue weighted by Crippen LogP contribution is 2.35. The minimum atomic E-state index is -4.51. The first kappa shape index (κ1) is 14.2. The molecule has 108 valence electrons. The van der Waals surface area contributed by atoms with E-state index >= 15 is 0 Å². The Bertz CT molecular complexity index is 595. The molecule has 0 aliphatic heterocycles.